The summed E-state index contributed by atoms with van der Waals surface area (Å²) < 4.78 is 4.88. The van der Waals surface area contributed by atoms with Crippen molar-refractivity contribution in [3.63, 3.8) is 0 Å². The van der Waals surface area contributed by atoms with Crippen LogP contribution < -0.4 is 5.56 Å². The van der Waals surface area contributed by atoms with Gasteiger partial charge in [-0.3, -0.25) is 4.79 Å². The number of halogens is 1. The molecule has 32 heavy (non-hydrogen) atoms. The number of hydrogen-bond donors (Lipinski definition) is 0. The van der Waals surface area contributed by atoms with Crippen LogP contribution in [0, 0.1) is 6.92 Å². The van der Waals surface area contributed by atoms with Crippen molar-refractivity contribution in [2.75, 3.05) is 0 Å². The van der Waals surface area contributed by atoms with Gasteiger partial charge in [-0.2, -0.15) is 0 Å². The van der Waals surface area contributed by atoms with Crippen LogP contribution in [0.1, 0.15) is 28.0 Å². The highest BCUT2D eigenvalue weighted by Gasteiger charge is 2.26. The number of benzene rings is 2. The highest BCUT2D eigenvalue weighted by Crippen LogP contribution is 2.37. The van der Waals surface area contributed by atoms with E-state index in [1.807, 2.05) is 31.2 Å². The first-order valence-corrected chi connectivity index (χ1v) is 13.1. The monoisotopic (exact) mass is 522 g/mol. The molecule has 6 rings (SSSR count). The number of fused-ring (bicyclic) bond motifs is 5. The fraction of sp³-hybridized carbons (Fsp3) is 0.208. The molecule has 0 N–H and O–H groups in total. The SMILES string of the molecule is Cc1ccc(-n2c(=O)c3c4c(sc3n3c(SCc5ccc(Br)cc5)nnc23)CCC4)cc1. The third-order valence-corrected chi connectivity index (χ3v) is 8.72. The van der Waals surface area contributed by atoms with Crippen LogP contribution in [-0.4, -0.2) is 19.2 Å². The van der Waals surface area contributed by atoms with Crippen LogP contribution in [0.2, 0.25) is 0 Å². The van der Waals surface area contributed by atoms with E-state index in [1.165, 1.54) is 16.0 Å². The molecule has 5 aromatic rings. The average molecular weight is 523 g/mol. The second-order valence-electron chi connectivity index (χ2n) is 8.05. The van der Waals surface area contributed by atoms with Crippen LogP contribution in [-0.2, 0) is 18.6 Å². The highest BCUT2D eigenvalue weighted by atomic mass is 79.9. The number of hydrogen-bond acceptors (Lipinski definition) is 5. The molecule has 0 bridgehead atoms. The zero-order chi connectivity index (χ0) is 21.8. The molecule has 0 atom stereocenters. The first kappa shape index (κ1) is 20.2. The average Bonchev–Trinajstić information content (AvgIpc) is 3.49. The van der Waals surface area contributed by atoms with Gasteiger partial charge >= 0.3 is 0 Å². The van der Waals surface area contributed by atoms with E-state index >= 15 is 0 Å². The van der Waals surface area contributed by atoms with E-state index in [0.717, 1.165) is 56.1 Å². The smallest absolute Gasteiger partial charge is 0.268 e. The van der Waals surface area contributed by atoms with Crippen molar-refractivity contribution in [1.82, 2.24) is 19.2 Å². The van der Waals surface area contributed by atoms with Crippen molar-refractivity contribution in [3.05, 3.63) is 84.9 Å². The van der Waals surface area contributed by atoms with Gasteiger partial charge in [-0.25, -0.2) is 8.97 Å². The lowest BCUT2D eigenvalue weighted by Gasteiger charge is -2.10. The van der Waals surface area contributed by atoms with Crippen molar-refractivity contribution in [1.29, 1.82) is 0 Å². The minimum Gasteiger partial charge on any atom is -0.268 e. The molecule has 3 aromatic heterocycles. The number of aryl methyl sites for hydroxylation is 3. The first-order valence-electron chi connectivity index (χ1n) is 10.5. The lowest BCUT2D eigenvalue weighted by molar-refractivity contribution is 0.910. The van der Waals surface area contributed by atoms with Gasteiger partial charge in [0.25, 0.3) is 5.56 Å². The molecule has 1 aliphatic rings. The molecule has 0 fully saturated rings. The number of aromatic nitrogens is 4. The molecule has 8 heteroatoms. The fourth-order valence-electron chi connectivity index (χ4n) is 4.30. The summed E-state index contributed by atoms with van der Waals surface area (Å²) in [5, 5.41) is 10.7. The third kappa shape index (κ3) is 3.24. The number of thiophene rings is 1. The van der Waals surface area contributed by atoms with Crippen molar-refractivity contribution in [2.45, 2.75) is 37.1 Å². The van der Waals surface area contributed by atoms with Gasteiger partial charge in [0.05, 0.1) is 11.1 Å². The summed E-state index contributed by atoms with van der Waals surface area (Å²) in [5.41, 5.74) is 4.42. The minimum absolute atomic E-state index is 0.00705. The van der Waals surface area contributed by atoms with Crippen molar-refractivity contribution >= 4 is 55.0 Å². The van der Waals surface area contributed by atoms with Gasteiger partial charge in [-0.15, -0.1) is 21.5 Å². The number of nitrogens with zero attached hydrogens (tertiary/aromatic N) is 4. The Hall–Kier alpha value is -2.42. The van der Waals surface area contributed by atoms with Gasteiger partial charge in [0.1, 0.15) is 4.83 Å². The second-order valence-corrected chi connectivity index (χ2v) is 11.0. The summed E-state index contributed by atoms with van der Waals surface area (Å²) in [6.45, 7) is 2.05. The molecule has 160 valence electrons. The van der Waals surface area contributed by atoms with E-state index in [4.69, 9.17) is 0 Å². The van der Waals surface area contributed by atoms with Crippen LogP contribution >= 0.6 is 39.0 Å². The summed E-state index contributed by atoms with van der Waals surface area (Å²) >= 11 is 6.87. The highest BCUT2D eigenvalue weighted by molar-refractivity contribution is 9.10. The largest absolute Gasteiger partial charge is 0.268 e. The zero-order valence-electron chi connectivity index (χ0n) is 17.3. The van der Waals surface area contributed by atoms with E-state index in [1.54, 1.807) is 27.7 Å². The molecular weight excluding hydrogens is 504 g/mol. The van der Waals surface area contributed by atoms with E-state index in [9.17, 15) is 4.79 Å². The predicted octanol–water partition coefficient (Wildman–Crippen LogP) is 5.95. The summed E-state index contributed by atoms with van der Waals surface area (Å²) in [6.07, 6.45) is 3.13. The normalized spacial score (nSPS) is 13.3. The molecule has 0 spiro atoms. The Balaban J connectivity index is 1.57. The quantitative estimate of drug-likeness (QED) is 0.274. The molecule has 0 amide bonds. The van der Waals surface area contributed by atoms with Crippen molar-refractivity contribution in [3.8, 4) is 5.69 Å². The van der Waals surface area contributed by atoms with Crippen LogP contribution in [0.5, 0.6) is 0 Å². The Morgan fingerprint density at radius 3 is 2.62 bits per heavy atom. The second kappa shape index (κ2) is 7.86. The van der Waals surface area contributed by atoms with Gasteiger partial charge in [-0.1, -0.05) is 57.5 Å². The molecule has 0 saturated carbocycles. The van der Waals surface area contributed by atoms with Gasteiger partial charge in [0.2, 0.25) is 5.78 Å². The molecule has 3 heterocycles. The topological polar surface area (TPSA) is 52.2 Å². The van der Waals surface area contributed by atoms with Crippen LogP contribution in [0.3, 0.4) is 0 Å². The maximum atomic E-state index is 13.7. The van der Waals surface area contributed by atoms with Crippen LogP contribution in [0.25, 0.3) is 21.7 Å². The van der Waals surface area contributed by atoms with Gasteiger partial charge in [0.15, 0.2) is 5.16 Å². The van der Waals surface area contributed by atoms with Crippen molar-refractivity contribution < 1.29 is 0 Å². The maximum Gasteiger partial charge on any atom is 0.268 e. The molecule has 5 nitrogen and oxygen atoms in total. The lowest BCUT2D eigenvalue weighted by Crippen LogP contribution is -2.21. The predicted molar refractivity (Wildman–Crippen MR) is 134 cm³/mol. The van der Waals surface area contributed by atoms with Gasteiger partial charge in [0, 0.05) is 15.1 Å². The molecular formula is C24H19BrN4OS2. The fourth-order valence-corrected chi connectivity index (χ4v) is 6.89. The van der Waals surface area contributed by atoms with E-state index in [0.29, 0.717) is 5.78 Å². The third-order valence-electron chi connectivity index (χ3n) is 5.91. The molecule has 1 aliphatic carbocycles. The summed E-state index contributed by atoms with van der Waals surface area (Å²) in [5.74, 6) is 1.36. The summed E-state index contributed by atoms with van der Waals surface area (Å²) in [4.78, 5) is 16.1. The maximum absolute atomic E-state index is 13.7. The van der Waals surface area contributed by atoms with Crippen LogP contribution in [0.15, 0.2) is 63.0 Å². The Morgan fingerprint density at radius 1 is 1.06 bits per heavy atom. The van der Waals surface area contributed by atoms with E-state index in [-0.39, 0.29) is 5.56 Å². The number of rotatable bonds is 4. The van der Waals surface area contributed by atoms with Crippen LogP contribution in [0.4, 0.5) is 0 Å². The first-order chi connectivity index (χ1) is 15.6. The standard InChI is InChI=1S/C24H19BrN4OS2/c1-14-5-11-17(12-6-14)28-21(30)20-18-3-2-4-19(18)32-22(20)29-23(28)26-27-24(29)31-13-15-7-9-16(25)10-8-15/h5-12H,2-4,13H2,1H3. The molecule has 0 radical (unpaired) electrons. The van der Waals surface area contributed by atoms with E-state index in [2.05, 4.69) is 54.8 Å². The minimum atomic E-state index is 0.00705. The Kier molecular flexibility index (Phi) is 4.97. The zero-order valence-corrected chi connectivity index (χ0v) is 20.6. The molecule has 2 aromatic carbocycles. The molecule has 0 saturated heterocycles. The summed E-state index contributed by atoms with van der Waals surface area (Å²) in [6, 6.07) is 16.3. The summed E-state index contributed by atoms with van der Waals surface area (Å²) in [7, 11) is 0. The Bertz CT molecular complexity index is 1530. The van der Waals surface area contributed by atoms with Gasteiger partial charge in [-0.05, 0) is 61.6 Å². The molecule has 0 aliphatic heterocycles. The Labute approximate surface area is 201 Å². The number of thioether (sulfide) groups is 1. The Morgan fingerprint density at radius 2 is 1.84 bits per heavy atom. The molecule has 0 unspecified atom stereocenters. The van der Waals surface area contributed by atoms with E-state index < -0.39 is 0 Å². The van der Waals surface area contributed by atoms with Gasteiger partial charge < -0.3 is 0 Å². The lowest BCUT2D eigenvalue weighted by atomic mass is 10.2. The van der Waals surface area contributed by atoms with Crippen molar-refractivity contribution in [2.24, 2.45) is 0 Å².